The minimum absolute atomic E-state index is 0.0314. The monoisotopic (exact) mass is 372 g/mol. The predicted octanol–water partition coefficient (Wildman–Crippen LogP) is 3.88. The molecule has 0 spiro atoms. The Morgan fingerprint density at radius 2 is 1.67 bits per heavy atom. The normalized spacial score (nSPS) is 10.5. The van der Waals surface area contributed by atoms with E-state index in [4.69, 9.17) is 0 Å². The maximum atomic E-state index is 13.8. The molecule has 3 aromatic rings. The van der Waals surface area contributed by atoms with Crippen LogP contribution in [0.4, 0.5) is 24.8 Å². The lowest BCUT2D eigenvalue weighted by molar-refractivity contribution is 0.0945. The standard InChI is InChI=1S/C19H15F3N4O/c1-11-9-16(18(27)23-10-12-5-7-13(20)8-6-12)25-19(24-11)26-17-14(21)3-2-4-15(17)22/h2-9H,10H2,1H3,(H,23,27)(H,24,25,26). The first kappa shape index (κ1) is 18.4. The summed E-state index contributed by atoms with van der Waals surface area (Å²) in [6.07, 6.45) is 0. The first-order chi connectivity index (χ1) is 12.9. The molecule has 0 atom stereocenters. The number of rotatable bonds is 5. The summed E-state index contributed by atoms with van der Waals surface area (Å²) in [5.41, 5.74) is 0.781. The summed E-state index contributed by atoms with van der Waals surface area (Å²) in [6, 6.07) is 10.6. The van der Waals surface area contributed by atoms with Crippen molar-refractivity contribution in [3.8, 4) is 0 Å². The Bertz CT molecular complexity index is 957. The van der Waals surface area contributed by atoms with Crippen molar-refractivity contribution in [1.29, 1.82) is 0 Å². The summed E-state index contributed by atoms with van der Waals surface area (Å²) in [4.78, 5) is 20.4. The molecule has 0 saturated heterocycles. The number of aromatic nitrogens is 2. The van der Waals surface area contributed by atoms with E-state index in [0.717, 1.165) is 12.1 Å². The van der Waals surface area contributed by atoms with Crippen molar-refractivity contribution in [3.63, 3.8) is 0 Å². The highest BCUT2D eigenvalue weighted by atomic mass is 19.1. The van der Waals surface area contributed by atoms with Gasteiger partial charge in [-0.2, -0.15) is 0 Å². The first-order valence-electron chi connectivity index (χ1n) is 8.02. The van der Waals surface area contributed by atoms with E-state index >= 15 is 0 Å². The zero-order chi connectivity index (χ0) is 19.4. The number of hydrogen-bond donors (Lipinski definition) is 2. The van der Waals surface area contributed by atoms with Crippen molar-refractivity contribution in [2.24, 2.45) is 0 Å². The second-order valence-corrected chi connectivity index (χ2v) is 5.75. The largest absolute Gasteiger partial charge is 0.347 e. The van der Waals surface area contributed by atoms with Gasteiger partial charge in [-0.15, -0.1) is 0 Å². The van der Waals surface area contributed by atoms with Gasteiger partial charge >= 0.3 is 0 Å². The lowest BCUT2D eigenvalue weighted by Crippen LogP contribution is -2.24. The number of carbonyl (C=O) groups excluding carboxylic acids is 1. The Labute approximate surface area is 153 Å². The molecule has 8 heteroatoms. The lowest BCUT2D eigenvalue weighted by Gasteiger charge is -2.10. The highest BCUT2D eigenvalue weighted by Gasteiger charge is 2.14. The average Bonchev–Trinajstić information content (AvgIpc) is 2.64. The molecule has 0 aliphatic rings. The van der Waals surface area contributed by atoms with Gasteiger partial charge in [0, 0.05) is 12.2 Å². The van der Waals surface area contributed by atoms with E-state index in [0.29, 0.717) is 11.3 Å². The minimum atomic E-state index is -0.803. The van der Waals surface area contributed by atoms with Crippen LogP contribution in [0.3, 0.4) is 0 Å². The van der Waals surface area contributed by atoms with E-state index in [1.54, 1.807) is 19.1 Å². The number of hydrogen-bond acceptors (Lipinski definition) is 4. The fourth-order valence-electron chi connectivity index (χ4n) is 2.34. The zero-order valence-corrected chi connectivity index (χ0v) is 14.3. The Hall–Kier alpha value is -3.42. The van der Waals surface area contributed by atoms with Gasteiger partial charge in [-0.3, -0.25) is 4.79 Å². The van der Waals surface area contributed by atoms with Crippen LogP contribution in [0.2, 0.25) is 0 Å². The maximum Gasteiger partial charge on any atom is 0.270 e. The van der Waals surface area contributed by atoms with Gasteiger partial charge in [0.1, 0.15) is 28.8 Å². The Balaban J connectivity index is 1.76. The second-order valence-electron chi connectivity index (χ2n) is 5.75. The van der Waals surface area contributed by atoms with Crippen molar-refractivity contribution in [2.75, 3.05) is 5.32 Å². The molecule has 27 heavy (non-hydrogen) atoms. The van der Waals surface area contributed by atoms with E-state index in [9.17, 15) is 18.0 Å². The van der Waals surface area contributed by atoms with Crippen LogP contribution in [0, 0.1) is 24.4 Å². The molecule has 1 amide bonds. The number of para-hydroxylation sites is 1. The maximum absolute atomic E-state index is 13.8. The van der Waals surface area contributed by atoms with Crippen molar-refractivity contribution in [1.82, 2.24) is 15.3 Å². The van der Waals surface area contributed by atoms with Crippen molar-refractivity contribution in [3.05, 3.63) is 82.9 Å². The van der Waals surface area contributed by atoms with Gasteiger partial charge in [0.05, 0.1) is 0 Å². The molecule has 0 fully saturated rings. The van der Waals surface area contributed by atoms with Gasteiger partial charge in [-0.25, -0.2) is 23.1 Å². The van der Waals surface area contributed by atoms with E-state index in [1.807, 2.05) is 0 Å². The van der Waals surface area contributed by atoms with Gasteiger partial charge in [-0.1, -0.05) is 18.2 Å². The van der Waals surface area contributed by atoms with Crippen LogP contribution >= 0.6 is 0 Å². The Morgan fingerprint density at radius 3 is 2.33 bits per heavy atom. The van der Waals surface area contributed by atoms with Crippen LogP contribution < -0.4 is 10.6 Å². The molecule has 1 aromatic heterocycles. The summed E-state index contributed by atoms with van der Waals surface area (Å²) < 4.78 is 40.4. The molecule has 2 N–H and O–H groups in total. The van der Waals surface area contributed by atoms with Crippen LogP contribution in [-0.4, -0.2) is 15.9 Å². The fraction of sp³-hybridized carbons (Fsp3) is 0.105. The predicted molar refractivity (Wildman–Crippen MR) is 94.0 cm³/mol. The highest BCUT2D eigenvalue weighted by Crippen LogP contribution is 2.21. The third-order valence-electron chi connectivity index (χ3n) is 3.65. The third kappa shape index (κ3) is 4.60. The zero-order valence-electron chi connectivity index (χ0n) is 14.3. The lowest BCUT2D eigenvalue weighted by atomic mass is 10.2. The number of benzene rings is 2. The molecule has 0 aliphatic heterocycles. The van der Waals surface area contributed by atoms with E-state index < -0.39 is 23.2 Å². The van der Waals surface area contributed by atoms with Crippen molar-refractivity contribution in [2.45, 2.75) is 13.5 Å². The molecule has 0 radical (unpaired) electrons. The first-order valence-corrected chi connectivity index (χ1v) is 8.02. The molecule has 0 bridgehead atoms. The van der Waals surface area contributed by atoms with Gasteiger partial charge in [-0.05, 0) is 42.8 Å². The number of anilines is 2. The minimum Gasteiger partial charge on any atom is -0.347 e. The molecule has 138 valence electrons. The molecule has 0 unspecified atom stereocenters. The summed E-state index contributed by atoms with van der Waals surface area (Å²) >= 11 is 0. The van der Waals surface area contributed by atoms with E-state index in [-0.39, 0.29) is 24.0 Å². The number of nitrogens with one attached hydrogen (secondary N) is 2. The molecule has 3 rings (SSSR count). The van der Waals surface area contributed by atoms with E-state index in [1.165, 1.54) is 24.3 Å². The molecule has 0 aliphatic carbocycles. The number of amides is 1. The third-order valence-corrected chi connectivity index (χ3v) is 3.65. The van der Waals surface area contributed by atoms with Crippen LogP contribution in [0.5, 0.6) is 0 Å². The Morgan fingerprint density at radius 1 is 1.00 bits per heavy atom. The van der Waals surface area contributed by atoms with Gasteiger partial charge in [0.15, 0.2) is 0 Å². The van der Waals surface area contributed by atoms with Crippen LogP contribution in [-0.2, 0) is 6.54 Å². The summed E-state index contributed by atoms with van der Waals surface area (Å²) in [5, 5.41) is 5.11. The van der Waals surface area contributed by atoms with Crippen molar-refractivity contribution >= 4 is 17.5 Å². The molecule has 2 aromatic carbocycles. The smallest absolute Gasteiger partial charge is 0.270 e. The second kappa shape index (κ2) is 7.86. The van der Waals surface area contributed by atoms with Crippen LogP contribution in [0.15, 0.2) is 48.5 Å². The number of halogens is 3. The fourth-order valence-corrected chi connectivity index (χ4v) is 2.34. The van der Waals surface area contributed by atoms with E-state index in [2.05, 4.69) is 20.6 Å². The Kier molecular flexibility index (Phi) is 5.35. The van der Waals surface area contributed by atoms with Gasteiger partial charge < -0.3 is 10.6 Å². The molecule has 5 nitrogen and oxygen atoms in total. The SMILES string of the molecule is Cc1cc(C(=O)NCc2ccc(F)cc2)nc(Nc2c(F)cccc2F)n1. The molecule has 0 saturated carbocycles. The quantitative estimate of drug-likeness (QED) is 0.713. The summed E-state index contributed by atoms with van der Waals surface area (Å²) in [6.45, 7) is 1.80. The topological polar surface area (TPSA) is 66.9 Å². The molecule has 1 heterocycles. The average molecular weight is 372 g/mol. The number of nitrogens with zero attached hydrogens (tertiary/aromatic N) is 2. The van der Waals surface area contributed by atoms with Crippen LogP contribution in [0.25, 0.3) is 0 Å². The van der Waals surface area contributed by atoms with Crippen molar-refractivity contribution < 1.29 is 18.0 Å². The number of carbonyl (C=O) groups is 1. The highest BCUT2D eigenvalue weighted by molar-refractivity contribution is 5.92. The summed E-state index contributed by atoms with van der Waals surface area (Å²) in [5.74, 6) is -2.58. The van der Waals surface area contributed by atoms with Gasteiger partial charge in [0.25, 0.3) is 5.91 Å². The summed E-state index contributed by atoms with van der Waals surface area (Å²) in [7, 11) is 0. The molecular formula is C19H15F3N4O. The van der Waals surface area contributed by atoms with Crippen LogP contribution in [0.1, 0.15) is 21.7 Å². The number of aryl methyl sites for hydroxylation is 1. The molecular weight excluding hydrogens is 357 g/mol. The van der Waals surface area contributed by atoms with Gasteiger partial charge in [0.2, 0.25) is 5.95 Å².